The highest BCUT2D eigenvalue weighted by molar-refractivity contribution is 9.10. The van der Waals surface area contributed by atoms with E-state index >= 15 is 0 Å². The maximum absolute atomic E-state index is 5.64. The van der Waals surface area contributed by atoms with E-state index in [1.165, 1.54) is 0 Å². The molecule has 2 rings (SSSR count). The van der Waals surface area contributed by atoms with Crippen molar-refractivity contribution in [2.45, 2.75) is 6.54 Å². The molecule has 0 saturated carbocycles. The van der Waals surface area contributed by atoms with Gasteiger partial charge in [0.15, 0.2) is 0 Å². The fourth-order valence-corrected chi connectivity index (χ4v) is 1.63. The van der Waals surface area contributed by atoms with Crippen LogP contribution in [0.3, 0.4) is 0 Å². The number of para-hydroxylation sites is 1. The maximum Gasteiger partial charge on any atom is 0.219 e. The summed E-state index contributed by atoms with van der Waals surface area (Å²) in [6, 6.07) is 13.2. The third kappa shape index (κ3) is 2.59. The summed E-state index contributed by atoms with van der Waals surface area (Å²) in [5, 5.41) is 0. The first-order valence-corrected chi connectivity index (χ1v) is 5.67. The summed E-state index contributed by atoms with van der Waals surface area (Å²) in [5.41, 5.74) is 6.32. The Labute approximate surface area is 102 Å². The molecule has 1 aromatic heterocycles. The van der Waals surface area contributed by atoms with Gasteiger partial charge >= 0.3 is 0 Å². The van der Waals surface area contributed by atoms with E-state index in [2.05, 4.69) is 20.9 Å². The zero-order valence-electron chi connectivity index (χ0n) is 8.56. The summed E-state index contributed by atoms with van der Waals surface area (Å²) >= 11 is 3.41. The second kappa shape index (κ2) is 5.09. The molecular weight excluding hydrogens is 268 g/mol. The van der Waals surface area contributed by atoms with Crippen LogP contribution < -0.4 is 10.5 Å². The molecule has 0 unspecified atom stereocenters. The molecule has 16 heavy (non-hydrogen) atoms. The smallest absolute Gasteiger partial charge is 0.219 e. The molecular formula is C12H11BrN2O. The van der Waals surface area contributed by atoms with E-state index < -0.39 is 0 Å². The highest BCUT2D eigenvalue weighted by Gasteiger charge is 2.02. The molecule has 1 aromatic carbocycles. The number of rotatable bonds is 3. The lowest BCUT2D eigenvalue weighted by Gasteiger charge is -2.07. The van der Waals surface area contributed by atoms with Crippen molar-refractivity contribution in [1.82, 2.24) is 4.98 Å². The molecule has 2 aromatic rings. The predicted octanol–water partition coefficient (Wildman–Crippen LogP) is 3.10. The van der Waals surface area contributed by atoms with Crippen LogP contribution in [0, 0.1) is 0 Å². The minimum absolute atomic E-state index is 0.410. The monoisotopic (exact) mass is 278 g/mol. The summed E-state index contributed by atoms with van der Waals surface area (Å²) in [6.45, 7) is 0.410. The molecule has 82 valence electrons. The van der Waals surface area contributed by atoms with Crippen LogP contribution in [0.1, 0.15) is 5.69 Å². The largest absolute Gasteiger partial charge is 0.438 e. The molecule has 0 bridgehead atoms. The van der Waals surface area contributed by atoms with Crippen LogP contribution in [0.5, 0.6) is 11.6 Å². The molecule has 0 saturated heterocycles. The average molecular weight is 279 g/mol. The first-order chi connectivity index (χ1) is 7.79. The predicted molar refractivity (Wildman–Crippen MR) is 66.3 cm³/mol. The quantitative estimate of drug-likeness (QED) is 0.939. The van der Waals surface area contributed by atoms with E-state index in [0.717, 1.165) is 15.9 Å². The van der Waals surface area contributed by atoms with Gasteiger partial charge in [-0.2, -0.15) is 0 Å². The van der Waals surface area contributed by atoms with Crippen molar-refractivity contribution in [3.05, 3.63) is 52.6 Å². The number of halogens is 1. The molecule has 4 heteroatoms. The Morgan fingerprint density at radius 2 is 1.94 bits per heavy atom. The molecule has 0 radical (unpaired) electrons. The minimum Gasteiger partial charge on any atom is -0.438 e. The summed E-state index contributed by atoms with van der Waals surface area (Å²) in [7, 11) is 0. The van der Waals surface area contributed by atoms with Gasteiger partial charge in [0, 0.05) is 12.6 Å². The fourth-order valence-electron chi connectivity index (χ4n) is 1.27. The Bertz CT molecular complexity index is 488. The van der Waals surface area contributed by atoms with Gasteiger partial charge in [-0.25, -0.2) is 4.98 Å². The Morgan fingerprint density at radius 3 is 2.69 bits per heavy atom. The standard InChI is InChI=1S/C12H11BrN2O/c13-10-5-1-2-6-11(10)16-12-7-3-4-9(8-14)15-12/h1-7H,8,14H2. The lowest BCUT2D eigenvalue weighted by molar-refractivity contribution is 0.458. The molecule has 0 aliphatic heterocycles. The molecule has 0 spiro atoms. The van der Waals surface area contributed by atoms with E-state index in [1.807, 2.05) is 36.4 Å². The first kappa shape index (κ1) is 11.1. The number of hydrogen-bond donors (Lipinski definition) is 1. The summed E-state index contributed by atoms with van der Waals surface area (Å²) in [5.74, 6) is 1.29. The van der Waals surface area contributed by atoms with Gasteiger partial charge in [-0.15, -0.1) is 0 Å². The fraction of sp³-hybridized carbons (Fsp3) is 0.0833. The Kier molecular flexibility index (Phi) is 3.54. The van der Waals surface area contributed by atoms with Gasteiger partial charge in [0.2, 0.25) is 5.88 Å². The number of ether oxygens (including phenoxy) is 1. The van der Waals surface area contributed by atoms with Crippen molar-refractivity contribution in [2.75, 3.05) is 0 Å². The summed E-state index contributed by atoms with van der Waals surface area (Å²) in [6.07, 6.45) is 0. The number of pyridine rings is 1. The molecule has 0 aliphatic rings. The summed E-state index contributed by atoms with van der Waals surface area (Å²) < 4.78 is 6.54. The van der Waals surface area contributed by atoms with Crippen molar-refractivity contribution >= 4 is 15.9 Å². The first-order valence-electron chi connectivity index (χ1n) is 4.88. The van der Waals surface area contributed by atoms with E-state index in [9.17, 15) is 0 Å². The van der Waals surface area contributed by atoms with Crippen molar-refractivity contribution in [3.8, 4) is 11.6 Å². The van der Waals surface area contributed by atoms with Gasteiger partial charge < -0.3 is 10.5 Å². The third-order valence-corrected chi connectivity index (χ3v) is 2.70. The zero-order valence-corrected chi connectivity index (χ0v) is 10.1. The van der Waals surface area contributed by atoms with E-state index in [4.69, 9.17) is 10.5 Å². The lowest BCUT2D eigenvalue weighted by Crippen LogP contribution is -2.00. The number of hydrogen-bond acceptors (Lipinski definition) is 3. The lowest BCUT2D eigenvalue weighted by atomic mass is 10.3. The number of nitrogens with zero attached hydrogens (tertiary/aromatic N) is 1. The van der Waals surface area contributed by atoms with E-state index in [1.54, 1.807) is 6.07 Å². The van der Waals surface area contributed by atoms with Gasteiger partial charge in [-0.1, -0.05) is 18.2 Å². The number of nitrogens with two attached hydrogens (primary N) is 1. The zero-order chi connectivity index (χ0) is 11.4. The average Bonchev–Trinajstić information content (AvgIpc) is 2.32. The Morgan fingerprint density at radius 1 is 1.12 bits per heavy atom. The molecule has 2 N–H and O–H groups in total. The highest BCUT2D eigenvalue weighted by atomic mass is 79.9. The van der Waals surface area contributed by atoms with Crippen LogP contribution in [-0.4, -0.2) is 4.98 Å². The molecule has 0 fully saturated rings. The number of aromatic nitrogens is 1. The third-order valence-electron chi connectivity index (χ3n) is 2.04. The van der Waals surface area contributed by atoms with Crippen LogP contribution in [0.25, 0.3) is 0 Å². The van der Waals surface area contributed by atoms with Gasteiger partial charge in [-0.05, 0) is 34.1 Å². The molecule has 3 nitrogen and oxygen atoms in total. The SMILES string of the molecule is NCc1cccc(Oc2ccccc2Br)n1. The maximum atomic E-state index is 5.64. The number of benzene rings is 1. The molecule has 0 aliphatic carbocycles. The van der Waals surface area contributed by atoms with Gasteiger partial charge in [-0.3, -0.25) is 0 Å². The minimum atomic E-state index is 0.410. The Balaban J connectivity index is 2.24. The van der Waals surface area contributed by atoms with Crippen LogP contribution in [0.15, 0.2) is 46.9 Å². The van der Waals surface area contributed by atoms with Crippen LogP contribution in [0.2, 0.25) is 0 Å². The van der Waals surface area contributed by atoms with E-state index in [-0.39, 0.29) is 0 Å². The second-order valence-corrected chi connectivity index (χ2v) is 4.06. The molecule has 0 atom stereocenters. The molecule has 1 heterocycles. The van der Waals surface area contributed by atoms with Crippen molar-refractivity contribution in [1.29, 1.82) is 0 Å². The van der Waals surface area contributed by atoms with Gasteiger partial charge in [0.25, 0.3) is 0 Å². The van der Waals surface area contributed by atoms with Crippen LogP contribution >= 0.6 is 15.9 Å². The van der Waals surface area contributed by atoms with Crippen LogP contribution in [0.4, 0.5) is 0 Å². The molecule has 0 amide bonds. The Hall–Kier alpha value is -1.39. The second-order valence-electron chi connectivity index (χ2n) is 3.20. The van der Waals surface area contributed by atoms with Crippen LogP contribution in [-0.2, 0) is 6.54 Å². The van der Waals surface area contributed by atoms with Crippen molar-refractivity contribution < 1.29 is 4.74 Å². The normalized spacial score (nSPS) is 10.1. The van der Waals surface area contributed by atoms with Gasteiger partial charge in [0.05, 0.1) is 10.2 Å². The van der Waals surface area contributed by atoms with E-state index in [0.29, 0.717) is 12.4 Å². The van der Waals surface area contributed by atoms with Crippen molar-refractivity contribution in [2.24, 2.45) is 5.73 Å². The van der Waals surface area contributed by atoms with Crippen molar-refractivity contribution in [3.63, 3.8) is 0 Å². The van der Waals surface area contributed by atoms with Gasteiger partial charge in [0.1, 0.15) is 5.75 Å². The highest BCUT2D eigenvalue weighted by Crippen LogP contribution is 2.28. The summed E-state index contributed by atoms with van der Waals surface area (Å²) in [4.78, 5) is 4.26. The topological polar surface area (TPSA) is 48.1 Å².